The molecule has 0 saturated carbocycles. The van der Waals surface area contributed by atoms with Crippen molar-refractivity contribution in [3.05, 3.63) is 29.6 Å². The van der Waals surface area contributed by atoms with Gasteiger partial charge in [0.1, 0.15) is 0 Å². The van der Waals surface area contributed by atoms with Gasteiger partial charge >= 0.3 is 0 Å². The van der Waals surface area contributed by atoms with Gasteiger partial charge < -0.3 is 9.80 Å². The third-order valence-electron chi connectivity index (χ3n) is 3.73. The standard InChI is InChI=1S/C16H23N3O2/c1-12(2)15(20)18(3)11-14-10-13(6-7-17-14)16(21)19-8-4-5-9-19/h6-7,10,12H,4-5,8-9,11H2,1-3H3. The first-order valence-corrected chi connectivity index (χ1v) is 7.48. The van der Waals surface area contributed by atoms with E-state index >= 15 is 0 Å². The highest BCUT2D eigenvalue weighted by molar-refractivity contribution is 5.94. The van der Waals surface area contributed by atoms with Gasteiger partial charge in [0.15, 0.2) is 0 Å². The molecule has 0 aliphatic carbocycles. The highest BCUT2D eigenvalue weighted by atomic mass is 16.2. The number of pyridine rings is 1. The molecule has 2 rings (SSSR count). The van der Waals surface area contributed by atoms with Crippen molar-refractivity contribution in [2.75, 3.05) is 20.1 Å². The van der Waals surface area contributed by atoms with Gasteiger partial charge in [0.05, 0.1) is 12.2 Å². The fourth-order valence-electron chi connectivity index (χ4n) is 2.56. The van der Waals surface area contributed by atoms with Crippen LogP contribution in [0.15, 0.2) is 18.3 Å². The van der Waals surface area contributed by atoms with E-state index in [-0.39, 0.29) is 17.7 Å². The number of nitrogens with zero attached hydrogens (tertiary/aromatic N) is 3. The van der Waals surface area contributed by atoms with E-state index in [9.17, 15) is 9.59 Å². The molecule has 5 nitrogen and oxygen atoms in total. The van der Waals surface area contributed by atoms with E-state index in [0.29, 0.717) is 12.1 Å². The Morgan fingerprint density at radius 1 is 1.33 bits per heavy atom. The summed E-state index contributed by atoms with van der Waals surface area (Å²) in [6.45, 7) is 5.85. The number of carbonyl (C=O) groups is 2. The van der Waals surface area contributed by atoms with E-state index in [1.165, 1.54) is 0 Å². The molecule has 1 aliphatic rings. The minimum atomic E-state index is -0.0376. The summed E-state index contributed by atoms with van der Waals surface area (Å²) in [6, 6.07) is 3.54. The van der Waals surface area contributed by atoms with Crippen LogP contribution in [0.3, 0.4) is 0 Å². The SMILES string of the molecule is CC(C)C(=O)N(C)Cc1cc(C(=O)N2CCCC2)ccn1. The highest BCUT2D eigenvalue weighted by Crippen LogP contribution is 2.14. The average Bonchev–Trinajstić information content (AvgIpc) is 3.00. The quantitative estimate of drug-likeness (QED) is 0.851. The van der Waals surface area contributed by atoms with Crippen LogP contribution in [0.25, 0.3) is 0 Å². The van der Waals surface area contributed by atoms with Gasteiger partial charge in [-0.3, -0.25) is 14.6 Å². The van der Waals surface area contributed by atoms with Crippen LogP contribution < -0.4 is 0 Å². The van der Waals surface area contributed by atoms with Crippen LogP contribution in [0.5, 0.6) is 0 Å². The summed E-state index contributed by atoms with van der Waals surface area (Å²) in [5.74, 6) is 0.103. The third kappa shape index (κ3) is 3.80. The first-order valence-electron chi connectivity index (χ1n) is 7.48. The second-order valence-electron chi connectivity index (χ2n) is 5.88. The van der Waals surface area contributed by atoms with Gasteiger partial charge in [-0.05, 0) is 25.0 Å². The van der Waals surface area contributed by atoms with Gasteiger partial charge in [-0.1, -0.05) is 13.8 Å². The van der Waals surface area contributed by atoms with Crippen LogP contribution in [0.1, 0.15) is 42.7 Å². The average molecular weight is 289 g/mol. The van der Waals surface area contributed by atoms with Crippen molar-refractivity contribution >= 4 is 11.8 Å². The molecule has 1 fully saturated rings. The molecule has 1 aromatic heterocycles. The lowest BCUT2D eigenvalue weighted by Gasteiger charge is -2.20. The van der Waals surface area contributed by atoms with Crippen LogP contribution in [-0.4, -0.2) is 46.7 Å². The van der Waals surface area contributed by atoms with Crippen molar-refractivity contribution in [2.45, 2.75) is 33.2 Å². The Morgan fingerprint density at radius 3 is 2.62 bits per heavy atom. The fourth-order valence-corrected chi connectivity index (χ4v) is 2.56. The van der Waals surface area contributed by atoms with Gasteiger partial charge in [-0.2, -0.15) is 0 Å². The van der Waals surface area contributed by atoms with Crippen LogP contribution in [0.2, 0.25) is 0 Å². The van der Waals surface area contributed by atoms with E-state index < -0.39 is 0 Å². The Hall–Kier alpha value is -1.91. The molecule has 114 valence electrons. The summed E-state index contributed by atoms with van der Waals surface area (Å²) in [5, 5.41) is 0. The van der Waals surface area contributed by atoms with Crippen molar-refractivity contribution in [3.63, 3.8) is 0 Å². The summed E-state index contributed by atoms with van der Waals surface area (Å²) < 4.78 is 0. The van der Waals surface area contributed by atoms with E-state index in [4.69, 9.17) is 0 Å². The number of rotatable bonds is 4. The van der Waals surface area contributed by atoms with E-state index in [0.717, 1.165) is 31.6 Å². The number of hydrogen-bond donors (Lipinski definition) is 0. The lowest BCUT2D eigenvalue weighted by Crippen LogP contribution is -2.31. The van der Waals surface area contributed by atoms with Crippen molar-refractivity contribution < 1.29 is 9.59 Å². The van der Waals surface area contributed by atoms with E-state index in [1.54, 1.807) is 30.3 Å². The normalized spacial score (nSPS) is 14.6. The molecule has 0 aromatic carbocycles. The molecular formula is C16H23N3O2. The third-order valence-corrected chi connectivity index (χ3v) is 3.73. The Balaban J connectivity index is 2.07. The molecule has 0 radical (unpaired) electrons. The number of aromatic nitrogens is 1. The maximum atomic E-state index is 12.3. The second kappa shape index (κ2) is 6.70. The number of likely N-dealkylation sites (tertiary alicyclic amines) is 1. The number of hydrogen-bond acceptors (Lipinski definition) is 3. The summed E-state index contributed by atoms with van der Waals surface area (Å²) >= 11 is 0. The molecule has 21 heavy (non-hydrogen) atoms. The molecular weight excluding hydrogens is 266 g/mol. The van der Waals surface area contributed by atoms with Gasteiger partial charge in [0.25, 0.3) is 5.91 Å². The Bertz CT molecular complexity index is 522. The summed E-state index contributed by atoms with van der Waals surface area (Å²) in [5.41, 5.74) is 1.41. The van der Waals surface area contributed by atoms with Crippen LogP contribution in [0.4, 0.5) is 0 Å². The molecule has 0 atom stereocenters. The smallest absolute Gasteiger partial charge is 0.253 e. The Morgan fingerprint density at radius 2 is 2.00 bits per heavy atom. The molecule has 1 aromatic rings. The van der Waals surface area contributed by atoms with E-state index in [2.05, 4.69) is 4.98 Å². The molecule has 2 amide bonds. The highest BCUT2D eigenvalue weighted by Gasteiger charge is 2.20. The van der Waals surface area contributed by atoms with Crippen molar-refractivity contribution in [2.24, 2.45) is 5.92 Å². The predicted octanol–water partition coefficient (Wildman–Crippen LogP) is 1.93. The van der Waals surface area contributed by atoms with Crippen LogP contribution in [-0.2, 0) is 11.3 Å². The van der Waals surface area contributed by atoms with Crippen molar-refractivity contribution in [1.29, 1.82) is 0 Å². The monoisotopic (exact) mass is 289 g/mol. The van der Waals surface area contributed by atoms with Gasteiger partial charge in [0.2, 0.25) is 5.91 Å². The molecule has 0 unspecified atom stereocenters. The Labute approximate surface area is 126 Å². The number of carbonyl (C=O) groups excluding carboxylic acids is 2. The first kappa shape index (κ1) is 15.5. The Kier molecular flexibility index (Phi) is 4.94. The maximum absolute atomic E-state index is 12.3. The van der Waals surface area contributed by atoms with Crippen LogP contribution >= 0.6 is 0 Å². The summed E-state index contributed by atoms with van der Waals surface area (Å²) in [4.78, 5) is 32.0. The molecule has 1 saturated heterocycles. The topological polar surface area (TPSA) is 53.5 Å². The van der Waals surface area contributed by atoms with Gasteiger partial charge in [-0.15, -0.1) is 0 Å². The molecule has 0 bridgehead atoms. The summed E-state index contributed by atoms with van der Waals surface area (Å²) in [6.07, 6.45) is 3.80. The molecule has 0 N–H and O–H groups in total. The number of amides is 2. The fraction of sp³-hybridized carbons (Fsp3) is 0.562. The minimum absolute atomic E-state index is 0.0376. The minimum Gasteiger partial charge on any atom is -0.340 e. The van der Waals surface area contributed by atoms with Gasteiger partial charge in [0, 0.05) is 37.8 Å². The molecule has 5 heteroatoms. The van der Waals surface area contributed by atoms with Gasteiger partial charge in [-0.25, -0.2) is 0 Å². The molecule has 1 aliphatic heterocycles. The summed E-state index contributed by atoms with van der Waals surface area (Å²) in [7, 11) is 1.76. The van der Waals surface area contributed by atoms with E-state index in [1.807, 2.05) is 18.7 Å². The molecule has 2 heterocycles. The maximum Gasteiger partial charge on any atom is 0.253 e. The zero-order valence-corrected chi connectivity index (χ0v) is 13.0. The predicted molar refractivity (Wildman–Crippen MR) is 80.7 cm³/mol. The zero-order valence-electron chi connectivity index (χ0n) is 13.0. The van der Waals surface area contributed by atoms with Crippen molar-refractivity contribution in [3.8, 4) is 0 Å². The lowest BCUT2D eigenvalue weighted by molar-refractivity contribution is -0.133. The van der Waals surface area contributed by atoms with Crippen molar-refractivity contribution in [1.82, 2.24) is 14.8 Å². The second-order valence-corrected chi connectivity index (χ2v) is 5.88. The first-order chi connectivity index (χ1) is 9.99. The largest absolute Gasteiger partial charge is 0.340 e. The van der Waals surface area contributed by atoms with Crippen LogP contribution in [0, 0.1) is 5.92 Å². The lowest BCUT2D eigenvalue weighted by atomic mass is 10.1. The molecule has 0 spiro atoms. The zero-order chi connectivity index (χ0) is 15.4.